The summed E-state index contributed by atoms with van der Waals surface area (Å²) in [5.74, 6) is 0. The lowest BCUT2D eigenvalue weighted by Crippen LogP contribution is -3.00. The number of quaternary nitrogens is 2. The van der Waals surface area contributed by atoms with E-state index >= 15 is 0 Å². The highest BCUT2D eigenvalue weighted by molar-refractivity contribution is 5.14. The Kier molecular flexibility index (Phi) is 10.8. The number of benzene rings is 2. The zero-order chi connectivity index (χ0) is 16.8. The van der Waals surface area contributed by atoms with Crippen molar-refractivity contribution in [3.05, 3.63) is 71.8 Å². The number of hydrogen-bond donors (Lipinski definition) is 0. The molecule has 0 aliphatic heterocycles. The van der Waals surface area contributed by atoms with Crippen molar-refractivity contribution in [1.82, 2.24) is 0 Å². The van der Waals surface area contributed by atoms with Crippen molar-refractivity contribution in [2.45, 2.75) is 19.5 Å². The molecule has 0 aliphatic rings. The van der Waals surface area contributed by atoms with Crippen LogP contribution in [0.5, 0.6) is 0 Å². The van der Waals surface area contributed by atoms with Crippen LogP contribution in [0.4, 0.5) is 0 Å². The van der Waals surface area contributed by atoms with Gasteiger partial charge in [0.25, 0.3) is 0 Å². The van der Waals surface area contributed by atoms with Gasteiger partial charge >= 0.3 is 0 Å². The van der Waals surface area contributed by atoms with Gasteiger partial charge in [-0.3, -0.25) is 0 Å². The predicted octanol–water partition coefficient (Wildman–Crippen LogP) is -2.06. The molecule has 0 atom stereocenters. The first-order valence-corrected chi connectivity index (χ1v) is 8.58. The van der Waals surface area contributed by atoms with Crippen LogP contribution in [-0.4, -0.2) is 50.2 Å². The van der Waals surface area contributed by atoms with Crippen LogP contribution >= 0.6 is 0 Å². The first-order valence-electron chi connectivity index (χ1n) is 8.58. The monoisotopic (exact) mass is 470 g/mol. The Morgan fingerprint density at radius 3 is 1.20 bits per heavy atom. The van der Waals surface area contributed by atoms with Crippen molar-refractivity contribution in [3.63, 3.8) is 0 Å². The zero-order valence-electron chi connectivity index (χ0n) is 16.0. The molecule has 0 N–H and O–H groups in total. The topological polar surface area (TPSA) is 0 Å². The Hall–Kier alpha value is -0.680. The molecule has 0 amide bonds. The normalized spacial score (nSPS) is 11.4. The van der Waals surface area contributed by atoms with Crippen molar-refractivity contribution in [3.8, 4) is 0 Å². The van der Waals surface area contributed by atoms with Gasteiger partial charge in [0.2, 0.25) is 0 Å². The Balaban J connectivity index is 0.00000288. The molecule has 2 aromatic rings. The van der Waals surface area contributed by atoms with Crippen molar-refractivity contribution in [2.75, 3.05) is 41.3 Å². The van der Waals surface area contributed by atoms with Gasteiger partial charge in [-0.1, -0.05) is 60.7 Å². The summed E-state index contributed by atoms with van der Waals surface area (Å²) in [5, 5.41) is 0. The third kappa shape index (κ3) is 9.55. The van der Waals surface area contributed by atoms with E-state index in [-0.39, 0.29) is 34.0 Å². The molecule has 2 nitrogen and oxygen atoms in total. The standard InChI is InChI=1S/C21H32N2.2BrH/c1-22(2,18-20-12-7-5-8-13-20)16-11-17-23(3,4)19-21-14-9-6-10-15-21;;/h5-10,12-15H,11,16-19H2,1-4H3;2*1H/q+2;;/p-2. The van der Waals surface area contributed by atoms with E-state index in [9.17, 15) is 0 Å². The molecule has 140 valence electrons. The van der Waals surface area contributed by atoms with Crippen LogP contribution in [0.15, 0.2) is 60.7 Å². The van der Waals surface area contributed by atoms with Gasteiger partial charge < -0.3 is 42.9 Å². The molecule has 0 radical (unpaired) electrons. The van der Waals surface area contributed by atoms with Crippen LogP contribution in [0.25, 0.3) is 0 Å². The Bertz CT molecular complexity index is 530. The van der Waals surface area contributed by atoms with Crippen LogP contribution in [0.2, 0.25) is 0 Å². The van der Waals surface area contributed by atoms with Gasteiger partial charge in [0, 0.05) is 17.5 Å². The summed E-state index contributed by atoms with van der Waals surface area (Å²) in [4.78, 5) is 0. The molecule has 0 aliphatic carbocycles. The second-order valence-corrected chi connectivity index (χ2v) is 7.96. The molecule has 0 bridgehead atoms. The van der Waals surface area contributed by atoms with E-state index < -0.39 is 0 Å². The molecular formula is C21H32Br2N2. The van der Waals surface area contributed by atoms with Crippen molar-refractivity contribution in [1.29, 1.82) is 0 Å². The molecule has 4 heteroatoms. The molecule has 0 unspecified atom stereocenters. The second kappa shape index (κ2) is 11.1. The van der Waals surface area contributed by atoms with E-state index in [2.05, 4.69) is 88.9 Å². The largest absolute Gasteiger partial charge is 1.00 e. The maximum atomic E-state index is 2.34. The maximum absolute atomic E-state index is 2.34. The first-order chi connectivity index (χ1) is 10.9. The van der Waals surface area contributed by atoms with Crippen LogP contribution in [0, 0.1) is 0 Å². The molecular weight excluding hydrogens is 440 g/mol. The lowest BCUT2D eigenvalue weighted by molar-refractivity contribution is -0.922. The SMILES string of the molecule is C[N+](C)(CCC[N+](C)(C)Cc1ccccc1)Cc1ccccc1.[Br-].[Br-]. The summed E-state index contributed by atoms with van der Waals surface area (Å²) < 4.78 is 2.10. The molecule has 2 rings (SSSR count). The number of hydrogen-bond acceptors (Lipinski definition) is 0. The maximum Gasteiger partial charge on any atom is 0.104 e. The highest BCUT2D eigenvalue weighted by Crippen LogP contribution is 2.13. The van der Waals surface area contributed by atoms with Crippen molar-refractivity contribution < 1.29 is 42.9 Å². The Morgan fingerprint density at radius 1 is 0.560 bits per heavy atom. The van der Waals surface area contributed by atoms with Crippen LogP contribution in [0.1, 0.15) is 17.5 Å². The molecule has 25 heavy (non-hydrogen) atoms. The van der Waals surface area contributed by atoms with Gasteiger partial charge in [0.15, 0.2) is 0 Å². The molecule has 0 saturated carbocycles. The van der Waals surface area contributed by atoms with E-state index in [4.69, 9.17) is 0 Å². The zero-order valence-corrected chi connectivity index (χ0v) is 19.1. The minimum atomic E-state index is 0. The van der Waals surface area contributed by atoms with Crippen molar-refractivity contribution in [2.24, 2.45) is 0 Å². The lowest BCUT2D eigenvalue weighted by atomic mass is 10.1. The van der Waals surface area contributed by atoms with E-state index in [1.807, 2.05) is 0 Å². The summed E-state index contributed by atoms with van der Waals surface area (Å²) in [7, 11) is 9.35. The van der Waals surface area contributed by atoms with Crippen LogP contribution < -0.4 is 34.0 Å². The fourth-order valence-electron chi connectivity index (χ4n) is 3.24. The first kappa shape index (κ1) is 24.3. The fourth-order valence-corrected chi connectivity index (χ4v) is 3.24. The van der Waals surface area contributed by atoms with Gasteiger partial charge in [-0.15, -0.1) is 0 Å². The van der Waals surface area contributed by atoms with Crippen molar-refractivity contribution >= 4 is 0 Å². The third-order valence-electron chi connectivity index (χ3n) is 4.43. The van der Waals surface area contributed by atoms with Gasteiger partial charge in [-0.25, -0.2) is 0 Å². The summed E-state index contributed by atoms with van der Waals surface area (Å²) in [6.07, 6.45) is 1.25. The van der Waals surface area contributed by atoms with E-state index in [0.717, 1.165) is 22.1 Å². The molecule has 0 spiro atoms. The minimum absolute atomic E-state index is 0. The minimum Gasteiger partial charge on any atom is -1.00 e. The Labute approximate surface area is 175 Å². The number of halogens is 2. The molecule has 2 aromatic carbocycles. The smallest absolute Gasteiger partial charge is 0.104 e. The van der Waals surface area contributed by atoms with Gasteiger partial charge in [0.05, 0.1) is 41.3 Å². The van der Waals surface area contributed by atoms with E-state index in [0.29, 0.717) is 0 Å². The van der Waals surface area contributed by atoms with Gasteiger partial charge in [-0.2, -0.15) is 0 Å². The lowest BCUT2D eigenvalue weighted by Gasteiger charge is -2.33. The molecule has 0 heterocycles. The average molecular weight is 472 g/mol. The molecule has 0 fully saturated rings. The summed E-state index contributed by atoms with van der Waals surface area (Å²) >= 11 is 0. The van der Waals surface area contributed by atoms with Crippen LogP contribution in [0.3, 0.4) is 0 Å². The summed E-state index contributed by atoms with van der Waals surface area (Å²) in [6.45, 7) is 4.64. The quantitative estimate of drug-likeness (QED) is 0.388. The number of rotatable bonds is 8. The average Bonchev–Trinajstić information content (AvgIpc) is 2.47. The van der Waals surface area contributed by atoms with Crippen LogP contribution in [-0.2, 0) is 13.1 Å². The van der Waals surface area contributed by atoms with E-state index in [1.165, 1.54) is 30.6 Å². The highest BCUT2D eigenvalue weighted by Gasteiger charge is 2.20. The second-order valence-electron chi connectivity index (χ2n) is 7.96. The van der Waals surface area contributed by atoms with E-state index in [1.54, 1.807) is 0 Å². The number of nitrogens with zero attached hydrogens (tertiary/aromatic N) is 2. The molecule has 0 saturated heterocycles. The Morgan fingerprint density at radius 2 is 0.880 bits per heavy atom. The third-order valence-corrected chi connectivity index (χ3v) is 4.43. The summed E-state index contributed by atoms with van der Waals surface area (Å²) in [6, 6.07) is 21.6. The van der Waals surface area contributed by atoms with Gasteiger partial charge in [0.1, 0.15) is 13.1 Å². The van der Waals surface area contributed by atoms with Gasteiger partial charge in [-0.05, 0) is 0 Å². The highest BCUT2D eigenvalue weighted by atomic mass is 79.9. The predicted molar refractivity (Wildman–Crippen MR) is 98.9 cm³/mol. The molecule has 0 aromatic heterocycles. The summed E-state index contributed by atoms with van der Waals surface area (Å²) in [5.41, 5.74) is 2.85. The fraction of sp³-hybridized carbons (Fsp3) is 0.429.